The summed E-state index contributed by atoms with van der Waals surface area (Å²) < 4.78 is 1.44. The van der Waals surface area contributed by atoms with Crippen molar-refractivity contribution in [1.82, 2.24) is 10.6 Å². The van der Waals surface area contributed by atoms with E-state index in [1.165, 1.54) is 11.3 Å². The van der Waals surface area contributed by atoms with Crippen LogP contribution in [0.15, 0.2) is 6.07 Å². The molecule has 2 N–H and O–H groups in total. The molecule has 1 aromatic rings. The van der Waals surface area contributed by atoms with E-state index in [4.69, 9.17) is 23.2 Å². The molecule has 0 radical (unpaired) electrons. The summed E-state index contributed by atoms with van der Waals surface area (Å²) in [5, 5.41) is 6.25. The molecule has 2 rings (SSSR count). The Morgan fingerprint density at radius 1 is 1.56 bits per heavy atom. The van der Waals surface area contributed by atoms with Gasteiger partial charge in [-0.3, -0.25) is 4.79 Å². The zero-order valence-corrected chi connectivity index (χ0v) is 12.3. The van der Waals surface area contributed by atoms with E-state index in [0.29, 0.717) is 16.8 Å². The van der Waals surface area contributed by atoms with Crippen LogP contribution in [0.1, 0.15) is 24.8 Å². The van der Waals surface area contributed by atoms with Crippen LogP contribution >= 0.6 is 34.5 Å². The lowest BCUT2D eigenvalue weighted by atomic mass is 10.1. The van der Waals surface area contributed by atoms with Gasteiger partial charge in [-0.2, -0.15) is 0 Å². The highest BCUT2D eigenvalue weighted by atomic mass is 35.5. The molecule has 1 fully saturated rings. The SMILES string of the molecule is O=C(CCCc1cc(Cl)sc1Cl)NC1CCNC1. The van der Waals surface area contributed by atoms with Gasteiger partial charge >= 0.3 is 0 Å². The largest absolute Gasteiger partial charge is 0.352 e. The Hall–Kier alpha value is -0.290. The molecule has 3 nitrogen and oxygen atoms in total. The number of aryl methyl sites for hydroxylation is 1. The number of thiophene rings is 1. The third kappa shape index (κ3) is 4.12. The lowest BCUT2D eigenvalue weighted by Crippen LogP contribution is -2.36. The Balaban J connectivity index is 1.68. The van der Waals surface area contributed by atoms with Gasteiger partial charge in [-0.05, 0) is 37.4 Å². The van der Waals surface area contributed by atoms with Crippen molar-refractivity contribution in [3.63, 3.8) is 0 Å². The fraction of sp³-hybridized carbons (Fsp3) is 0.583. The van der Waals surface area contributed by atoms with Crippen molar-refractivity contribution in [3.8, 4) is 0 Å². The van der Waals surface area contributed by atoms with Gasteiger partial charge in [0.25, 0.3) is 0 Å². The molecule has 0 aliphatic carbocycles. The molecular formula is C12H16Cl2N2OS. The zero-order chi connectivity index (χ0) is 13.0. The normalized spacial score (nSPS) is 19.1. The van der Waals surface area contributed by atoms with Gasteiger partial charge in [0.1, 0.15) is 0 Å². The van der Waals surface area contributed by atoms with E-state index in [1.54, 1.807) is 0 Å². The van der Waals surface area contributed by atoms with Crippen molar-refractivity contribution in [3.05, 3.63) is 20.3 Å². The van der Waals surface area contributed by atoms with Crippen LogP contribution in [-0.4, -0.2) is 25.0 Å². The Bertz CT molecular complexity index is 416. The number of hydrogen-bond acceptors (Lipinski definition) is 3. The van der Waals surface area contributed by atoms with E-state index < -0.39 is 0 Å². The molecular weight excluding hydrogens is 291 g/mol. The fourth-order valence-corrected chi connectivity index (χ4v) is 3.61. The number of carbonyl (C=O) groups is 1. The molecule has 18 heavy (non-hydrogen) atoms. The monoisotopic (exact) mass is 306 g/mol. The highest BCUT2D eigenvalue weighted by Gasteiger charge is 2.16. The molecule has 1 unspecified atom stereocenters. The second-order valence-electron chi connectivity index (χ2n) is 4.46. The van der Waals surface area contributed by atoms with Gasteiger partial charge in [-0.1, -0.05) is 23.2 Å². The summed E-state index contributed by atoms with van der Waals surface area (Å²) in [6.45, 7) is 1.88. The number of halogens is 2. The van der Waals surface area contributed by atoms with Crippen LogP contribution in [0.5, 0.6) is 0 Å². The summed E-state index contributed by atoms with van der Waals surface area (Å²) in [5.74, 6) is 0.126. The summed E-state index contributed by atoms with van der Waals surface area (Å²) in [5.41, 5.74) is 1.04. The van der Waals surface area contributed by atoms with Gasteiger partial charge in [0.15, 0.2) is 0 Å². The van der Waals surface area contributed by atoms with Gasteiger partial charge in [-0.15, -0.1) is 11.3 Å². The number of rotatable bonds is 5. The van der Waals surface area contributed by atoms with Gasteiger partial charge < -0.3 is 10.6 Å². The minimum Gasteiger partial charge on any atom is -0.352 e. The highest BCUT2D eigenvalue weighted by Crippen LogP contribution is 2.31. The van der Waals surface area contributed by atoms with Crippen molar-refractivity contribution >= 4 is 40.4 Å². The molecule has 1 aromatic heterocycles. The summed E-state index contributed by atoms with van der Waals surface area (Å²) in [6.07, 6.45) is 3.18. The predicted octanol–water partition coefficient (Wildman–Crippen LogP) is 2.86. The van der Waals surface area contributed by atoms with Crippen molar-refractivity contribution in [2.45, 2.75) is 31.7 Å². The summed E-state index contributed by atoms with van der Waals surface area (Å²) in [6, 6.07) is 2.18. The zero-order valence-electron chi connectivity index (χ0n) is 9.97. The van der Waals surface area contributed by atoms with Crippen LogP contribution in [0.3, 0.4) is 0 Å². The van der Waals surface area contributed by atoms with E-state index in [0.717, 1.165) is 42.3 Å². The average Bonchev–Trinajstić information content (AvgIpc) is 2.89. The van der Waals surface area contributed by atoms with Crippen LogP contribution in [0.4, 0.5) is 0 Å². The summed E-state index contributed by atoms with van der Waals surface area (Å²) in [7, 11) is 0. The number of hydrogen-bond donors (Lipinski definition) is 2. The van der Waals surface area contributed by atoms with Gasteiger partial charge in [0.05, 0.1) is 8.67 Å². The standard InChI is InChI=1S/C12H16Cl2N2OS/c13-10-6-8(12(14)18-10)2-1-3-11(17)16-9-4-5-15-7-9/h6,9,15H,1-5,7H2,(H,16,17). The average molecular weight is 307 g/mol. The van der Waals surface area contributed by atoms with Crippen molar-refractivity contribution in [2.24, 2.45) is 0 Å². The first kappa shape index (κ1) is 14.1. The van der Waals surface area contributed by atoms with Crippen LogP contribution in [-0.2, 0) is 11.2 Å². The van der Waals surface area contributed by atoms with E-state index in [1.807, 2.05) is 6.07 Å². The predicted molar refractivity (Wildman–Crippen MR) is 76.7 cm³/mol. The Morgan fingerprint density at radius 2 is 2.39 bits per heavy atom. The van der Waals surface area contributed by atoms with E-state index >= 15 is 0 Å². The quantitative estimate of drug-likeness (QED) is 0.878. The number of nitrogens with one attached hydrogen (secondary N) is 2. The molecule has 1 aliphatic heterocycles. The van der Waals surface area contributed by atoms with E-state index in [-0.39, 0.29) is 5.91 Å². The molecule has 1 aliphatic rings. The summed E-state index contributed by atoms with van der Waals surface area (Å²) in [4.78, 5) is 11.7. The molecule has 0 saturated carbocycles. The first-order chi connectivity index (χ1) is 8.65. The lowest BCUT2D eigenvalue weighted by Gasteiger charge is -2.10. The molecule has 100 valence electrons. The van der Waals surface area contributed by atoms with Gasteiger partial charge in [0.2, 0.25) is 5.91 Å². The third-order valence-electron chi connectivity index (χ3n) is 3.00. The minimum absolute atomic E-state index is 0.126. The first-order valence-corrected chi connectivity index (χ1v) is 7.66. The molecule has 0 aromatic carbocycles. The molecule has 0 bridgehead atoms. The maximum Gasteiger partial charge on any atom is 0.220 e. The fourth-order valence-electron chi connectivity index (χ4n) is 2.06. The molecule has 1 amide bonds. The maximum absolute atomic E-state index is 11.7. The lowest BCUT2D eigenvalue weighted by molar-refractivity contribution is -0.121. The minimum atomic E-state index is 0.126. The molecule has 1 saturated heterocycles. The van der Waals surface area contributed by atoms with Gasteiger partial charge in [-0.25, -0.2) is 0 Å². The smallest absolute Gasteiger partial charge is 0.220 e. The molecule has 6 heteroatoms. The Kier molecular flexibility index (Phi) is 5.30. The second kappa shape index (κ2) is 6.75. The Labute approximate surface area is 121 Å². The van der Waals surface area contributed by atoms with Gasteiger partial charge in [0, 0.05) is 19.0 Å². The number of amides is 1. The van der Waals surface area contributed by atoms with Crippen LogP contribution in [0.2, 0.25) is 8.67 Å². The number of carbonyl (C=O) groups excluding carboxylic acids is 1. The Morgan fingerprint density at radius 3 is 3.00 bits per heavy atom. The molecule has 1 atom stereocenters. The maximum atomic E-state index is 11.7. The third-order valence-corrected chi connectivity index (χ3v) is 4.57. The first-order valence-electron chi connectivity index (χ1n) is 6.09. The second-order valence-corrected chi connectivity index (χ2v) is 6.75. The van der Waals surface area contributed by atoms with Crippen molar-refractivity contribution in [1.29, 1.82) is 0 Å². The highest BCUT2D eigenvalue weighted by molar-refractivity contribution is 7.20. The van der Waals surface area contributed by atoms with Crippen molar-refractivity contribution < 1.29 is 4.79 Å². The van der Waals surface area contributed by atoms with Crippen molar-refractivity contribution in [2.75, 3.05) is 13.1 Å². The topological polar surface area (TPSA) is 41.1 Å². The summed E-state index contributed by atoms with van der Waals surface area (Å²) >= 11 is 13.3. The van der Waals surface area contributed by atoms with Crippen LogP contribution < -0.4 is 10.6 Å². The molecule has 0 spiro atoms. The van der Waals surface area contributed by atoms with E-state index in [2.05, 4.69) is 10.6 Å². The van der Waals surface area contributed by atoms with Crippen LogP contribution in [0.25, 0.3) is 0 Å². The van der Waals surface area contributed by atoms with E-state index in [9.17, 15) is 4.79 Å². The van der Waals surface area contributed by atoms with Crippen LogP contribution in [0, 0.1) is 0 Å². The molecule has 2 heterocycles.